The van der Waals surface area contributed by atoms with E-state index in [0.29, 0.717) is 24.5 Å². The molecular weight excluding hydrogens is 279 g/mol. The Morgan fingerprint density at radius 1 is 1.29 bits per heavy atom. The fraction of sp³-hybridized carbons (Fsp3) is 0.533. The van der Waals surface area contributed by atoms with Gasteiger partial charge in [0.25, 0.3) is 0 Å². The molecule has 6 heteroatoms. The second-order valence-electron chi connectivity index (χ2n) is 5.35. The van der Waals surface area contributed by atoms with E-state index in [1.807, 2.05) is 6.92 Å². The molecule has 0 radical (unpaired) electrons. The van der Waals surface area contributed by atoms with Gasteiger partial charge >= 0.3 is 6.18 Å². The molecule has 1 saturated carbocycles. The third-order valence-electron chi connectivity index (χ3n) is 3.48. The number of benzene rings is 1. The molecule has 1 aromatic carbocycles. The minimum Gasteiger partial charge on any atom is -0.357 e. The summed E-state index contributed by atoms with van der Waals surface area (Å²) in [6.07, 6.45) is -3.16. The molecular formula is C15H20F3N3. The summed E-state index contributed by atoms with van der Waals surface area (Å²) in [6, 6.07) is 5.57. The van der Waals surface area contributed by atoms with Gasteiger partial charge in [-0.1, -0.05) is 19.1 Å². The number of rotatable bonds is 4. The zero-order chi connectivity index (χ0) is 15.5. The van der Waals surface area contributed by atoms with Gasteiger partial charge in [0.2, 0.25) is 0 Å². The molecule has 0 amide bonds. The summed E-state index contributed by atoms with van der Waals surface area (Å²) in [5.74, 6) is 1.37. The Morgan fingerprint density at radius 3 is 2.38 bits per heavy atom. The first-order chi connectivity index (χ1) is 9.90. The zero-order valence-corrected chi connectivity index (χ0v) is 12.2. The van der Waals surface area contributed by atoms with E-state index >= 15 is 0 Å². The van der Waals surface area contributed by atoms with Crippen LogP contribution in [0.5, 0.6) is 0 Å². The molecule has 21 heavy (non-hydrogen) atoms. The molecule has 2 atom stereocenters. The Labute approximate surface area is 122 Å². The molecule has 0 heterocycles. The largest absolute Gasteiger partial charge is 0.416 e. The van der Waals surface area contributed by atoms with Crippen molar-refractivity contribution in [2.24, 2.45) is 10.9 Å². The van der Waals surface area contributed by atoms with Crippen molar-refractivity contribution < 1.29 is 13.2 Å². The first kappa shape index (κ1) is 15.7. The second-order valence-corrected chi connectivity index (χ2v) is 5.35. The van der Waals surface area contributed by atoms with Crippen LogP contribution in [0.4, 0.5) is 13.2 Å². The summed E-state index contributed by atoms with van der Waals surface area (Å²) < 4.78 is 37.4. The minimum atomic E-state index is -4.29. The quantitative estimate of drug-likeness (QED) is 0.662. The third-order valence-corrected chi connectivity index (χ3v) is 3.48. The van der Waals surface area contributed by atoms with E-state index in [1.54, 1.807) is 0 Å². The predicted octanol–water partition coefficient (Wildman–Crippen LogP) is 3.17. The predicted molar refractivity (Wildman–Crippen MR) is 77.0 cm³/mol. The number of nitrogens with one attached hydrogen (secondary N) is 2. The maximum atomic E-state index is 12.5. The summed E-state index contributed by atoms with van der Waals surface area (Å²) in [5.41, 5.74) is 0.121. The normalized spacial score (nSPS) is 22.0. The SMILES string of the molecule is CCNC(=NCc1ccc(C(F)(F)F)cc1)NC1CC1C. The van der Waals surface area contributed by atoms with E-state index in [-0.39, 0.29) is 0 Å². The van der Waals surface area contributed by atoms with Crippen LogP contribution in [0.3, 0.4) is 0 Å². The number of guanidine groups is 1. The van der Waals surface area contributed by atoms with Gasteiger partial charge < -0.3 is 10.6 Å². The Kier molecular flexibility index (Phi) is 4.75. The van der Waals surface area contributed by atoms with Gasteiger partial charge in [-0.2, -0.15) is 13.2 Å². The van der Waals surface area contributed by atoms with E-state index in [9.17, 15) is 13.2 Å². The average molecular weight is 299 g/mol. The van der Waals surface area contributed by atoms with Crippen LogP contribution in [-0.4, -0.2) is 18.5 Å². The van der Waals surface area contributed by atoms with E-state index in [1.165, 1.54) is 12.1 Å². The average Bonchev–Trinajstić information content (AvgIpc) is 3.11. The molecule has 0 spiro atoms. The molecule has 1 aromatic rings. The lowest BCUT2D eigenvalue weighted by atomic mass is 10.1. The highest BCUT2D eigenvalue weighted by Crippen LogP contribution is 2.29. The highest BCUT2D eigenvalue weighted by atomic mass is 19.4. The van der Waals surface area contributed by atoms with Gasteiger partial charge in [-0.05, 0) is 37.0 Å². The molecule has 116 valence electrons. The maximum absolute atomic E-state index is 12.5. The van der Waals surface area contributed by atoms with Gasteiger partial charge in [0, 0.05) is 12.6 Å². The number of nitrogens with zero attached hydrogens (tertiary/aromatic N) is 1. The lowest BCUT2D eigenvalue weighted by Gasteiger charge is -2.11. The molecule has 0 aromatic heterocycles. The lowest BCUT2D eigenvalue weighted by Crippen LogP contribution is -2.39. The van der Waals surface area contributed by atoms with E-state index in [0.717, 1.165) is 30.7 Å². The van der Waals surface area contributed by atoms with Gasteiger partial charge in [0.05, 0.1) is 12.1 Å². The lowest BCUT2D eigenvalue weighted by molar-refractivity contribution is -0.137. The summed E-state index contributed by atoms with van der Waals surface area (Å²) in [5, 5.41) is 6.45. The topological polar surface area (TPSA) is 36.4 Å². The minimum absolute atomic E-state index is 0.356. The molecule has 2 rings (SSSR count). The maximum Gasteiger partial charge on any atom is 0.416 e. The molecule has 1 aliphatic carbocycles. The van der Waals surface area contributed by atoms with Crippen LogP contribution in [0, 0.1) is 5.92 Å². The first-order valence-electron chi connectivity index (χ1n) is 7.11. The monoisotopic (exact) mass is 299 g/mol. The van der Waals surface area contributed by atoms with Crippen molar-refractivity contribution in [2.75, 3.05) is 6.54 Å². The van der Waals surface area contributed by atoms with E-state index in [2.05, 4.69) is 22.5 Å². The van der Waals surface area contributed by atoms with Gasteiger partial charge in [0.1, 0.15) is 0 Å². The Balaban J connectivity index is 1.96. The van der Waals surface area contributed by atoms with Crippen LogP contribution in [0.25, 0.3) is 0 Å². The third kappa shape index (κ3) is 4.65. The van der Waals surface area contributed by atoms with Gasteiger partial charge in [0.15, 0.2) is 5.96 Å². The van der Waals surface area contributed by atoms with Crippen molar-refractivity contribution in [1.82, 2.24) is 10.6 Å². The summed E-state index contributed by atoms with van der Waals surface area (Å²) in [4.78, 5) is 4.40. The van der Waals surface area contributed by atoms with Crippen molar-refractivity contribution in [3.05, 3.63) is 35.4 Å². The van der Waals surface area contributed by atoms with Gasteiger partial charge in [-0.3, -0.25) is 0 Å². The molecule has 3 nitrogen and oxygen atoms in total. The smallest absolute Gasteiger partial charge is 0.357 e. The molecule has 2 unspecified atom stereocenters. The van der Waals surface area contributed by atoms with Crippen LogP contribution < -0.4 is 10.6 Å². The van der Waals surface area contributed by atoms with Crippen molar-refractivity contribution in [1.29, 1.82) is 0 Å². The van der Waals surface area contributed by atoms with Crippen molar-refractivity contribution >= 4 is 5.96 Å². The number of halogens is 3. The van der Waals surface area contributed by atoms with E-state index < -0.39 is 11.7 Å². The highest BCUT2D eigenvalue weighted by molar-refractivity contribution is 5.80. The standard InChI is InChI=1S/C15H20F3N3/c1-3-19-14(21-13-8-10(13)2)20-9-11-4-6-12(7-5-11)15(16,17)18/h4-7,10,13H,3,8-9H2,1-2H3,(H2,19,20,21). The molecule has 0 saturated heterocycles. The van der Waals surface area contributed by atoms with Crippen molar-refractivity contribution in [2.45, 2.75) is 39.0 Å². The molecule has 1 fully saturated rings. The van der Waals surface area contributed by atoms with E-state index in [4.69, 9.17) is 0 Å². The fourth-order valence-corrected chi connectivity index (χ4v) is 1.99. The number of aliphatic imine (C=N–C) groups is 1. The fourth-order valence-electron chi connectivity index (χ4n) is 1.99. The molecule has 0 bridgehead atoms. The second kappa shape index (κ2) is 6.37. The number of hydrogen-bond donors (Lipinski definition) is 2. The van der Waals surface area contributed by atoms with Crippen LogP contribution in [0.15, 0.2) is 29.3 Å². The zero-order valence-electron chi connectivity index (χ0n) is 12.2. The van der Waals surface area contributed by atoms with Gasteiger partial charge in [-0.15, -0.1) is 0 Å². The Hall–Kier alpha value is -1.72. The van der Waals surface area contributed by atoms with Crippen LogP contribution in [0.2, 0.25) is 0 Å². The Bertz CT molecular complexity index is 494. The molecule has 2 N–H and O–H groups in total. The first-order valence-corrected chi connectivity index (χ1v) is 7.11. The Morgan fingerprint density at radius 2 is 1.90 bits per heavy atom. The number of alkyl halides is 3. The summed E-state index contributed by atoms with van der Waals surface area (Å²) in [7, 11) is 0. The molecule has 0 aliphatic heterocycles. The molecule has 1 aliphatic rings. The summed E-state index contributed by atoms with van der Waals surface area (Å²) in [6.45, 7) is 5.25. The number of hydrogen-bond acceptors (Lipinski definition) is 1. The van der Waals surface area contributed by atoms with Crippen LogP contribution in [0.1, 0.15) is 31.4 Å². The highest BCUT2D eigenvalue weighted by Gasteiger charge is 2.33. The van der Waals surface area contributed by atoms with Crippen LogP contribution >= 0.6 is 0 Å². The van der Waals surface area contributed by atoms with Gasteiger partial charge in [-0.25, -0.2) is 4.99 Å². The van der Waals surface area contributed by atoms with Crippen LogP contribution in [-0.2, 0) is 12.7 Å². The van der Waals surface area contributed by atoms with Crippen molar-refractivity contribution in [3.8, 4) is 0 Å². The van der Waals surface area contributed by atoms with Crippen molar-refractivity contribution in [3.63, 3.8) is 0 Å². The summed E-state index contributed by atoms with van der Waals surface area (Å²) >= 11 is 0.